The summed E-state index contributed by atoms with van der Waals surface area (Å²) in [5.41, 5.74) is 7.17. The Morgan fingerprint density at radius 3 is 2.84 bits per heavy atom. The number of para-hydroxylation sites is 2. The van der Waals surface area contributed by atoms with E-state index in [0.29, 0.717) is 36.0 Å². The minimum Gasteiger partial charge on any atom is -0.487 e. The normalized spacial score (nSPS) is 19.6. The summed E-state index contributed by atoms with van der Waals surface area (Å²) in [7, 11) is 0. The van der Waals surface area contributed by atoms with Crippen LogP contribution in [0.5, 0.6) is 5.75 Å². The topological polar surface area (TPSA) is 73.6 Å². The molecule has 1 heterocycles. The van der Waals surface area contributed by atoms with E-state index >= 15 is 0 Å². The van der Waals surface area contributed by atoms with Crippen molar-refractivity contribution in [3.63, 3.8) is 0 Å². The van der Waals surface area contributed by atoms with Gasteiger partial charge in [0.25, 0.3) is 5.91 Å². The van der Waals surface area contributed by atoms with Crippen LogP contribution in [-0.4, -0.2) is 24.7 Å². The van der Waals surface area contributed by atoms with E-state index in [-0.39, 0.29) is 12.0 Å². The van der Waals surface area contributed by atoms with E-state index < -0.39 is 6.10 Å². The predicted octanol–water partition coefficient (Wildman–Crippen LogP) is 3.36. The van der Waals surface area contributed by atoms with Crippen molar-refractivity contribution in [2.75, 3.05) is 11.9 Å². The molecule has 2 atom stereocenters. The van der Waals surface area contributed by atoms with Crippen LogP contribution in [0.15, 0.2) is 48.5 Å². The summed E-state index contributed by atoms with van der Waals surface area (Å²) in [6.45, 7) is 0.797. The van der Waals surface area contributed by atoms with Gasteiger partial charge in [-0.05, 0) is 42.7 Å². The molecule has 3 N–H and O–H groups in total. The summed E-state index contributed by atoms with van der Waals surface area (Å²) in [6, 6.07) is 14.8. The summed E-state index contributed by atoms with van der Waals surface area (Å²) >= 11 is 5.99. The van der Waals surface area contributed by atoms with Gasteiger partial charge in [0, 0.05) is 11.6 Å². The zero-order valence-corrected chi connectivity index (χ0v) is 14.5. The SMILES string of the molecule is NC[C@H]1CC[C@@H](C(=O)Nc2ccccc2OCc2cccc(Cl)c2)O1. The van der Waals surface area contributed by atoms with Crippen molar-refractivity contribution in [3.8, 4) is 5.75 Å². The van der Waals surface area contributed by atoms with Gasteiger partial charge in [-0.15, -0.1) is 0 Å². The van der Waals surface area contributed by atoms with Crippen LogP contribution >= 0.6 is 11.6 Å². The number of nitrogens with one attached hydrogen (secondary N) is 1. The fraction of sp³-hybridized carbons (Fsp3) is 0.316. The molecule has 0 saturated carbocycles. The lowest BCUT2D eigenvalue weighted by Gasteiger charge is -2.15. The van der Waals surface area contributed by atoms with E-state index in [9.17, 15) is 4.79 Å². The van der Waals surface area contributed by atoms with Gasteiger partial charge in [0.15, 0.2) is 0 Å². The quantitative estimate of drug-likeness (QED) is 0.828. The fourth-order valence-corrected chi connectivity index (χ4v) is 2.98. The molecule has 25 heavy (non-hydrogen) atoms. The second-order valence-corrected chi connectivity index (χ2v) is 6.40. The molecular weight excluding hydrogens is 340 g/mol. The van der Waals surface area contributed by atoms with Gasteiger partial charge >= 0.3 is 0 Å². The predicted molar refractivity (Wildman–Crippen MR) is 97.8 cm³/mol. The molecule has 1 fully saturated rings. The number of benzene rings is 2. The Labute approximate surface area is 152 Å². The van der Waals surface area contributed by atoms with Gasteiger partial charge in [-0.2, -0.15) is 0 Å². The first kappa shape index (κ1) is 17.7. The lowest BCUT2D eigenvalue weighted by Crippen LogP contribution is -2.29. The number of halogens is 1. The molecule has 2 aromatic rings. The molecule has 0 spiro atoms. The van der Waals surface area contributed by atoms with E-state index in [1.807, 2.05) is 42.5 Å². The Hall–Kier alpha value is -2.08. The molecule has 0 unspecified atom stereocenters. The maximum Gasteiger partial charge on any atom is 0.253 e. The summed E-state index contributed by atoms with van der Waals surface area (Å²) in [6.07, 6.45) is 0.986. The van der Waals surface area contributed by atoms with E-state index in [1.165, 1.54) is 0 Å². The number of carbonyl (C=O) groups is 1. The Kier molecular flexibility index (Phi) is 5.91. The van der Waals surface area contributed by atoms with Crippen molar-refractivity contribution in [3.05, 3.63) is 59.1 Å². The molecule has 1 aliphatic rings. The second-order valence-electron chi connectivity index (χ2n) is 5.96. The molecule has 1 aliphatic heterocycles. The number of amides is 1. The van der Waals surface area contributed by atoms with Gasteiger partial charge < -0.3 is 20.5 Å². The van der Waals surface area contributed by atoms with Crippen LogP contribution in [0, 0.1) is 0 Å². The number of hydrogen-bond donors (Lipinski definition) is 2. The Morgan fingerprint density at radius 2 is 2.08 bits per heavy atom. The minimum absolute atomic E-state index is 0.0370. The molecule has 1 amide bonds. The number of carbonyl (C=O) groups excluding carboxylic acids is 1. The Balaban J connectivity index is 1.63. The third-order valence-electron chi connectivity index (χ3n) is 4.09. The summed E-state index contributed by atoms with van der Waals surface area (Å²) in [5, 5.41) is 3.55. The van der Waals surface area contributed by atoms with E-state index in [0.717, 1.165) is 12.0 Å². The van der Waals surface area contributed by atoms with Crippen molar-refractivity contribution < 1.29 is 14.3 Å². The standard InChI is InChI=1S/C19H21ClN2O3/c20-14-5-3-4-13(10-14)12-24-17-7-2-1-6-16(17)22-19(23)18-9-8-15(11-21)25-18/h1-7,10,15,18H,8-9,11-12,21H2,(H,22,23)/t15-,18+/m1/s1. The number of ether oxygens (including phenoxy) is 2. The number of nitrogens with two attached hydrogens (primary N) is 1. The lowest BCUT2D eigenvalue weighted by molar-refractivity contribution is -0.126. The molecule has 0 aliphatic carbocycles. The van der Waals surface area contributed by atoms with Crippen LogP contribution in [0.4, 0.5) is 5.69 Å². The monoisotopic (exact) mass is 360 g/mol. The van der Waals surface area contributed by atoms with E-state index in [4.69, 9.17) is 26.8 Å². The van der Waals surface area contributed by atoms with E-state index in [1.54, 1.807) is 6.07 Å². The average Bonchev–Trinajstić information content (AvgIpc) is 3.10. The molecule has 132 valence electrons. The highest BCUT2D eigenvalue weighted by Gasteiger charge is 2.30. The number of anilines is 1. The van der Waals surface area contributed by atoms with Crippen LogP contribution in [0.2, 0.25) is 5.02 Å². The molecular formula is C19H21ClN2O3. The van der Waals surface area contributed by atoms with Crippen LogP contribution < -0.4 is 15.8 Å². The van der Waals surface area contributed by atoms with Crippen LogP contribution in [0.3, 0.4) is 0 Å². The van der Waals surface area contributed by atoms with Gasteiger partial charge in [0.1, 0.15) is 18.5 Å². The van der Waals surface area contributed by atoms with Crippen LogP contribution in [0.1, 0.15) is 18.4 Å². The van der Waals surface area contributed by atoms with Crippen molar-refractivity contribution in [1.29, 1.82) is 0 Å². The van der Waals surface area contributed by atoms with E-state index in [2.05, 4.69) is 5.32 Å². The third-order valence-corrected chi connectivity index (χ3v) is 4.33. The maximum absolute atomic E-state index is 12.4. The minimum atomic E-state index is -0.463. The van der Waals surface area contributed by atoms with Gasteiger partial charge in [0.2, 0.25) is 0 Å². The number of hydrogen-bond acceptors (Lipinski definition) is 4. The second kappa shape index (κ2) is 8.34. The zero-order valence-electron chi connectivity index (χ0n) is 13.8. The highest BCUT2D eigenvalue weighted by molar-refractivity contribution is 6.30. The lowest BCUT2D eigenvalue weighted by atomic mass is 10.2. The molecule has 0 radical (unpaired) electrons. The largest absolute Gasteiger partial charge is 0.487 e. The first-order valence-electron chi connectivity index (χ1n) is 8.28. The van der Waals surface area contributed by atoms with Gasteiger partial charge in [0.05, 0.1) is 11.8 Å². The zero-order chi connectivity index (χ0) is 17.6. The highest BCUT2D eigenvalue weighted by Crippen LogP contribution is 2.27. The third kappa shape index (κ3) is 4.72. The highest BCUT2D eigenvalue weighted by atomic mass is 35.5. The average molecular weight is 361 g/mol. The van der Waals surface area contributed by atoms with Gasteiger partial charge in [-0.25, -0.2) is 0 Å². The Morgan fingerprint density at radius 1 is 1.24 bits per heavy atom. The van der Waals surface area contributed by atoms with Gasteiger partial charge in [-0.1, -0.05) is 35.9 Å². The van der Waals surface area contributed by atoms with Crippen LogP contribution in [0.25, 0.3) is 0 Å². The smallest absolute Gasteiger partial charge is 0.253 e. The molecule has 5 nitrogen and oxygen atoms in total. The van der Waals surface area contributed by atoms with Crippen LogP contribution in [-0.2, 0) is 16.1 Å². The summed E-state index contributed by atoms with van der Waals surface area (Å²) in [5.74, 6) is 0.430. The summed E-state index contributed by atoms with van der Waals surface area (Å²) < 4.78 is 11.5. The molecule has 1 saturated heterocycles. The fourth-order valence-electron chi connectivity index (χ4n) is 2.77. The number of rotatable bonds is 6. The molecule has 3 rings (SSSR count). The van der Waals surface area contributed by atoms with Crippen molar-refractivity contribution in [2.24, 2.45) is 5.73 Å². The first-order valence-corrected chi connectivity index (χ1v) is 8.66. The van der Waals surface area contributed by atoms with Crippen molar-refractivity contribution >= 4 is 23.2 Å². The molecule has 6 heteroatoms. The van der Waals surface area contributed by atoms with Gasteiger partial charge in [-0.3, -0.25) is 4.79 Å². The summed E-state index contributed by atoms with van der Waals surface area (Å²) in [4.78, 5) is 12.4. The Bertz CT molecular complexity index is 738. The molecule has 0 aromatic heterocycles. The van der Waals surface area contributed by atoms with Crippen molar-refractivity contribution in [1.82, 2.24) is 0 Å². The molecule has 0 bridgehead atoms. The molecule has 2 aromatic carbocycles. The first-order chi connectivity index (χ1) is 12.2. The maximum atomic E-state index is 12.4. The van der Waals surface area contributed by atoms with Crippen molar-refractivity contribution in [2.45, 2.75) is 31.7 Å².